The number of rotatable bonds is 17. The normalized spacial score (nSPS) is 14.2. The Morgan fingerprint density at radius 2 is 1.14 bits per heavy atom. The van der Waals surface area contributed by atoms with Crippen LogP contribution in [-0.2, 0) is 0 Å². The predicted octanol–water partition coefficient (Wildman–Crippen LogP) is 6.97. The first-order chi connectivity index (χ1) is 10.7. The molecule has 0 aliphatic rings. The maximum atomic E-state index is 9.89. The van der Waals surface area contributed by atoms with Gasteiger partial charge in [-0.25, -0.2) is 0 Å². The molecule has 0 rings (SSSR count). The first-order valence-electron chi connectivity index (χ1n) is 10.0. The number of unbranched alkanes of at least 4 members (excludes halogenated alkanes) is 11. The fraction of sp³-hybridized carbons (Fsp3) is 1.00. The molecule has 0 bridgehead atoms. The molecule has 22 heavy (non-hydrogen) atoms. The number of thioether (sulfide) groups is 1. The van der Waals surface area contributed by atoms with Crippen molar-refractivity contribution in [2.75, 3.05) is 5.75 Å². The Hall–Kier alpha value is 0.310. The molecule has 0 aliphatic carbocycles. The smallest absolute Gasteiger partial charge is 0.0630 e. The van der Waals surface area contributed by atoms with Gasteiger partial charge in [-0.2, -0.15) is 11.8 Å². The van der Waals surface area contributed by atoms with Gasteiger partial charge in [-0.1, -0.05) is 90.9 Å². The molecular formula is C20H42OS. The van der Waals surface area contributed by atoms with E-state index in [9.17, 15) is 5.11 Å². The highest BCUT2D eigenvalue weighted by atomic mass is 32.2. The zero-order valence-electron chi connectivity index (χ0n) is 15.6. The van der Waals surface area contributed by atoms with Crippen LogP contribution in [0.15, 0.2) is 0 Å². The van der Waals surface area contributed by atoms with E-state index in [1.807, 2.05) is 18.7 Å². The summed E-state index contributed by atoms with van der Waals surface area (Å²) in [4.78, 5) is 0. The van der Waals surface area contributed by atoms with Gasteiger partial charge in [0, 0.05) is 5.25 Å². The summed E-state index contributed by atoms with van der Waals surface area (Å²) in [6.45, 7) is 6.50. The molecule has 0 saturated carbocycles. The van der Waals surface area contributed by atoms with E-state index in [1.54, 1.807) is 0 Å². The summed E-state index contributed by atoms with van der Waals surface area (Å²) in [6.07, 6.45) is 18.9. The van der Waals surface area contributed by atoms with Gasteiger partial charge in [-0.3, -0.25) is 0 Å². The highest BCUT2D eigenvalue weighted by Crippen LogP contribution is 2.23. The van der Waals surface area contributed by atoms with Gasteiger partial charge in [0.15, 0.2) is 0 Å². The number of aliphatic hydroxyl groups is 1. The molecule has 0 aliphatic heterocycles. The Bertz CT molecular complexity index is 206. The van der Waals surface area contributed by atoms with Gasteiger partial charge in [0.05, 0.1) is 6.10 Å². The minimum atomic E-state index is -0.148. The average molecular weight is 331 g/mol. The summed E-state index contributed by atoms with van der Waals surface area (Å²) in [7, 11) is 0. The van der Waals surface area contributed by atoms with Crippen molar-refractivity contribution in [3.8, 4) is 0 Å². The van der Waals surface area contributed by atoms with Crippen molar-refractivity contribution >= 4 is 11.8 Å². The molecule has 0 heterocycles. The van der Waals surface area contributed by atoms with Gasteiger partial charge >= 0.3 is 0 Å². The van der Waals surface area contributed by atoms with Gasteiger partial charge in [0.2, 0.25) is 0 Å². The molecule has 2 atom stereocenters. The highest BCUT2D eigenvalue weighted by Gasteiger charge is 2.14. The van der Waals surface area contributed by atoms with E-state index in [-0.39, 0.29) is 6.10 Å². The van der Waals surface area contributed by atoms with E-state index in [0.717, 1.165) is 0 Å². The molecule has 0 aromatic carbocycles. The Morgan fingerprint density at radius 3 is 1.64 bits per heavy atom. The molecule has 0 fully saturated rings. The van der Waals surface area contributed by atoms with Crippen LogP contribution in [0.25, 0.3) is 0 Å². The van der Waals surface area contributed by atoms with Gasteiger partial charge < -0.3 is 5.11 Å². The summed E-state index contributed by atoms with van der Waals surface area (Å²) >= 11 is 2.01. The Labute approximate surface area is 145 Å². The van der Waals surface area contributed by atoms with E-state index >= 15 is 0 Å². The van der Waals surface area contributed by atoms with E-state index in [0.29, 0.717) is 5.25 Å². The third-order valence-corrected chi connectivity index (χ3v) is 6.04. The third kappa shape index (κ3) is 15.2. The molecule has 2 heteroatoms. The quantitative estimate of drug-likeness (QED) is 0.291. The van der Waals surface area contributed by atoms with Gasteiger partial charge in [0.1, 0.15) is 0 Å². The topological polar surface area (TPSA) is 20.2 Å². The molecule has 0 aromatic rings. The van der Waals surface area contributed by atoms with Crippen LogP contribution in [0.3, 0.4) is 0 Å². The van der Waals surface area contributed by atoms with Crippen LogP contribution in [0.1, 0.15) is 111 Å². The minimum absolute atomic E-state index is 0.148. The molecule has 0 spiro atoms. The van der Waals surface area contributed by atoms with Crippen molar-refractivity contribution in [3.63, 3.8) is 0 Å². The number of hydrogen-bond donors (Lipinski definition) is 1. The third-order valence-electron chi connectivity index (χ3n) is 4.46. The standard InChI is InChI=1S/C20H42OS/c1-4-6-8-10-11-12-13-14-16-18-22-20(19(3)21)17-15-9-7-5-2/h19-21H,4-18H2,1-3H3. The molecule has 0 radical (unpaired) electrons. The van der Waals surface area contributed by atoms with Crippen molar-refractivity contribution in [2.24, 2.45) is 0 Å². The molecule has 0 amide bonds. The molecule has 0 aromatic heterocycles. The molecule has 2 unspecified atom stereocenters. The van der Waals surface area contributed by atoms with Crippen LogP contribution >= 0.6 is 11.8 Å². The maximum absolute atomic E-state index is 9.89. The summed E-state index contributed by atoms with van der Waals surface area (Å²) in [6, 6.07) is 0. The predicted molar refractivity (Wildman–Crippen MR) is 104 cm³/mol. The van der Waals surface area contributed by atoms with Crippen LogP contribution in [0.5, 0.6) is 0 Å². The monoisotopic (exact) mass is 330 g/mol. The second-order valence-electron chi connectivity index (χ2n) is 6.83. The Morgan fingerprint density at radius 1 is 0.682 bits per heavy atom. The van der Waals surface area contributed by atoms with Gasteiger partial charge in [-0.05, 0) is 25.5 Å². The van der Waals surface area contributed by atoms with Crippen molar-refractivity contribution in [1.82, 2.24) is 0 Å². The lowest BCUT2D eigenvalue weighted by atomic mass is 10.1. The van der Waals surface area contributed by atoms with Crippen LogP contribution < -0.4 is 0 Å². The van der Waals surface area contributed by atoms with Gasteiger partial charge in [0.25, 0.3) is 0 Å². The molecule has 0 saturated heterocycles. The summed E-state index contributed by atoms with van der Waals surface area (Å²) in [5.41, 5.74) is 0. The minimum Gasteiger partial charge on any atom is -0.392 e. The van der Waals surface area contributed by atoms with Crippen LogP contribution in [-0.4, -0.2) is 22.2 Å². The Kier molecular flexibility index (Phi) is 17.9. The second-order valence-corrected chi connectivity index (χ2v) is 8.17. The highest BCUT2D eigenvalue weighted by molar-refractivity contribution is 7.99. The summed E-state index contributed by atoms with van der Waals surface area (Å²) in [5, 5.41) is 10.4. The fourth-order valence-electron chi connectivity index (χ4n) is 2.88. The largest absolute Gasteiger partial charge is 0.392 e. The van der Waals surface area contributed by atoms with Crippen LogP contribution in [0.2, 0.25) is 0 Å². The molecule has 134 valence electrons. The summed E-state index contributed by atoms with van der Waals surface area (Å²) in [5.74, 6) is 1.24. The zero-order valence-corrected chi connectivity index (χ0v) is 16.4. The summed E-state index contributed by atoms with van der Waals surface area (Å²) < 4.78 is 0. The van der Waals surface area contributed by atoms with Crippen molar-refractivity contribution in [2.45, 2.75) is 122 Å². The second kappa shape index (κ2) is 17.7. The van der Waals surface area contributed by atoms with Crippen molar-refractivity contribution in [3.05, 3.63) is 0 Å². The van der Waals surface area contributed by atoms with E-state index in [4.69, 9.17) is 0 Å². The zero-order chi connectivity index (χ0) is 16.5. The molecule has 1 N–H and O–H groups in total. The molecular weight excluding hydrogens is 288 g/mol. The van der Waals surface area contributed by atoms with Gasteiger partial charge in [-0.15, -0.1) is 0 Å². The van der Waals surface area contributed by atoms with Crippen molar-refractivity contribution in [1.29, 1.82) is 0 Å². The Balaban J connectivity index is 3.40. The average Bonchev–Trinajstić information content (AvgIpc) is 2.50. The lowest BCUT2D eigenvalue weighted by molar-refractivity contribution is 0.186. The number of aliphatic hydroxyl groups excluding tert-OH is 1. The van der Waals surface area contributed by atoms with Crippen LogP contribution in [0, 0.1) is 0 Å². The lowest BCUT2D eigenvalue weighted by Crippen LogP contribution is -2.19. The maximum Gasteiger partial charge on any atom is 0.0630 e. The lowest BCUT2D eigenvalue weighted by Gasteiger charge is -2.19. The first kappa shape index (κ1) is 22.3. The van der Waals surface area contributed by atoms with E-state index in [1.165, 1.54) is 95.6 Å². The van der Waals surface area contributed by atoms with E-state index in [2.05, 4.69) is 13.8 Å². The van der Waals surface area contributed by atoms with E-state index < -0.39 is 0 Å². The first-order valence-corrected chi connectivity index (χ1v) is 11.1. The number of hydrogen-bond acceptors (Lipinski definition) is 2. The fourth-order valence-corrected chi connectivity index (χ4v) is 4.17. The SMILES string of the molecule is CCCCCCCCCCCSC(CCCCCC)C(C)O. The van der Waals surface area contributed by atoms with Crippen molar-refractivity contribution < 1.29 is 5.11 Å². The molecule has 1 nitrogen and oxygen atoms in total. The van der Waals surface area contributed by atoms with Crippen LogP contribution in [0.4, 0.5) is 0 Å².